The SMILES string of the molecule is COc1ccc(NC(=O)Cn2c3c(sc2=O)[C@@H](c2cccs2)[C@H]2C(=O)N(c4ccc(Cl)cc4)C(=O)[C@H]2S3)cc1. The standard InChI is InChI=1S/C27H20ClN3O5S3/c1-36-17-10-6-15(7-11-17)29-19(32)13-30-26-23(39-27(30)35)20(18-3-2-12-37-18)21-22(38-26)25(34)31(24(21)33)16-8-4-14(28)5-9-16/h2-12,20-22H,13H2,1H3,(H,29,32)/t20-,21+,22-/m0/s1. The fourth-order valence-electron chi connectivity index (χ4n) is 4.89. The van der Waals surface area contributed by atoms with E-state index in [0.717, 1.165) is 16.2 Å². The largest absolute Gasteiger partial charge is 0.497 e. The molecule has 3 amide bonds. The van der Waals surface area contributed by atoms with E-state index in [9.17, 15) is 19.2 Å². The van der Waals surface area contributed by atoms with Crippen molar-refractivity contribution in [2.24, 2.45) is 5.92 Å². The van der Waals surface area contributed by atoms with Crippen LogP contribution >= 0.6 is 46.0 Å². The molecule has 1 fully saturated rings. The van der Waals surface area contributed by atoms with Crippen LogP contribution in [0.5, 0.6) is 5.75 Å². The molecule has 0 saturated carbocycles. The van der Waals surface area contributed by atoms with E-state index in [1.807, 2.05) is 17.5 Å². The van der Waals surface area contributed by atoms with Gasteiger partial charge in [-0.2, -0.15) is 0 Å². The van der Waals surface area contributed by atoms with E-state index in [1.165, 1.54) is 32.6 Å². The molecule has 0 bridgehead atoms. The number of fused-ring (bicyclic) bond motifs is 2. The fourth-order valence-corrected chi connectivity index (χ4v) is 8.74. The summed E-state index contributed by atoms with van der Waals surface area (Å²) in [5.74, 6) is -1.53. The smallest absolute Gasteiger partial charge is 0.308 e. The van der Waals surface area contributed by atoms with Gasteiger partial charge in [0.2, 0.25) is 17.7 Å². The molecule has 39 heavy (non-hydrogen) atoms. The first-order valence-corrected chi connectivity index (χ1v) is 14.8. The molecule has 0 aliphatic carbocycles. The van der Waals surface area contributed by atoms with Gasteiger partial charge in [-0.3, -0.25) is 23.7 Å². The number of aromatic nitrogens is 1. The highest BCUT2D eigenvalue weighted by Crippen LogP contribution is 2.54. The number of thioether (sulfide) groups is 1. The maximum absolute atomic E-state index is 13.8. The number of hydrogen-bond donors (Lipinski definition) is 1. The summed E-state index contributed by atoms with van der Waals surface area (Å²) in [7, 11) is 1.56. The Hall–Kier alpha value is -3.38. The number of carbonyl (C=O) groups excluding carboxylic acids is 3. The molecule has 4 heterocycles. The van der Waals surface area contributed by atoms with Gasteiger partial charge in [0.1, 0.15) is 17.5 Å². The number of rotatable bonds is 6. The number of ether oxygens (including phenoxy) is 1. The summed E-state index contributed by atoms with van der Waals surface area (Å²) in [4.78, 5) is 56.1. The molecule has 198 valence electrons. The van der Waals surface area contributed by atoms with Crippen molar-refractivity contribution in [2.45, 2.75) is 22.7 Å². The van der Waals surface area contributed by atoms with Crippen molar-refractivity contribution in [3.63, 3.8) is 0 Å². The second-order valence-corrected chi connectivity index (χ2v) is 12.5. The lowest BCUT2D eigenvalue weighted by Crippen LogP contribution is -2.32. The molecule has 0 unspecified atom stereocenters. The van der Waals surface area contributed by atoms with Crippen LogP contribution in [0.15, 0.2) is 75.9 Å². The van der Waals surface area contributed by atoms with Gasteiger partial charge in [-0.15, -0.1) is 11.3 Å². The van der Waals surface area contributed by atoms with Crippen LogP contribution in [0, 0.1) is 5.92 Å². The fraction of sp³-hybridized carbons (Fsp3) is 0.185. The average Bonchev–Trinajstić information content (AvgIpc) is 3.63. The quantitative estimate of drug-likeness (QED) is 0.312. The van der Waals surface area contributed by atoms with Crippen molar-refractivity contribution >= 4 is 75.1 Å². The number of nitrogens with zero attached hydrogens (tertiary/aromatic N) is 2. The number of thiazole rings is 1. The topological polar surface area (TPSA) is 97.7 Å². The van der Waals surface area contributed by atoms with Gasteiger partial charge in [0.15, 0.2) is 0 Å². The third kappa shape index (κ3) is 4.59. The van der Waals surface area contributed by atoms with E-state index in [2.05, 4.69) is 5.32 Å². The minimum Gasteiger partial charge on any atom is -0.497 e. The minimum atomic E-state index is -0.738. The van der Waals surface area contributed by atoms with Crippen LogP contribution in [0.25, 0.3) is 0 Å². The zero-order valence-electron chi connectivity index (χ0n) is 20.3. The summed E-state index contributed by atoms with van der Waals surface area (Å²) in [6.45, 7) is -0.221. The summed E-state index contributed by atoms with van der Waals surface area (Å²) >= 11 is 9.71. The molecule has 4 aromatic rings. The third-order valence-corrected chi connectivity index (χ3v) is 10.5. The molecule has 2 aromatic heterocycles. The van der Waals surface area contributed by atoms with Gasteiger partial charge in [0.25, 0.3) is 0 Å². The molecule has 12 heteroatoms. The molecule has 3 atom stereocenters. The van der Waals surface area contributed by atoms with Gasteiger partial charge in [0.05, 0.1) is 23.7 Å². The van der Waals surface area contributed by atoms with Gasteiger partial charge < -0.3 is 10.1 Å². The summed E-state index contributed by atoms with van der Waals surface area (Å²) in [6, 6.07) is 17.3. The lowest BCUT2D eigenvalue weighted by atomic mass is 9.87. The van der Waals surface area contributed by atoms with Crippen LogP contribution in [0.2, 0.25) is 5.02 Å². The first kappa shape index (κ1) is 25.9. The molecule has 0 spiro atoms. The highest BCUT2D eigenvalue weighted by atomic mass is 35.5. The normalized spacial score (nSPS) is 20.1. The van der Waals surface area contributed by atoms with Crippen LogP contribution in [0.3, 0.4) is 0 Å². The molecule has 1 N–H and O–H groups in total. The number of anilines is 2. The lowest BCUT2D eigenvalue weighted by Gasteiger charge is -2.29. The van der Waals surface area contributed by atoms with E-state index in [0.29, 0.717) is 32.1 Å². The van der Waals surface area contributed by atoms with Gasteiger partial charge >= 0.3 is 4.87 Å². The molecule has 2 aromatic carbocycles. The van der Waals surface area contributed by atoms with Crippen molar-refractivity contribution in [3.05, 3.63) is 90.5 Å². The Balaban J connectivity index is 1.35. The zero-order valence-corrected chi connectivity index (χ0v) is 23.5. The molecular formula is C27H20ClN3O5S3. The predicted molar refractivity (Wildman–Crippen MR) is 153 cm³/mol. The first-order chi connectivity index (χ1) is 18.9. The number of methoxy groups -OCH3 is 1. The molecule has 1 saturated heterocycles. The molecule has 0 radical (unpaired) electrons. The maximum Gasteiger partial charge on any atom is 0.308 e. The molecule has 2 aliphatic heterocycles. The third-order valence-electron chi connectivity index (χ3n) is 6.66. The highest BCUT2D eigenvalue weighted by molar-refractivity contribution is 8.00. The Morgan fingerprint density at radius 1 is 1.03 bits per heavy atom. The Bertz CT molecular complexity index is 1630. The Morgan fingerprint density at radius 3 is 2.44 bits per heavy atom. The zero-order chi connectivity index (χ0) is 27.3. The number of hydrogen-bond acceptors (Lipinski definition) is 8. The van der Waals surface area contributed by atoms with Crippen LogP contribution in [0.4, 0.5) is 11.4 Å². The summed E-state index contributed by atoms with van der Waals surface area (Å²) < 4.78 is 6.56. The predicted octanol–water partition coefficient (Wildman–Crippen LogP) is 5.07. The first-order valence-electron chi connectivity index (χ1n) is 11.9. The van der Waals surface area contributed by atoms with Crippen molar-refractivity contribution in [3.8, 4) is 5.75 Å². The van der Waals surface area contributed by atoms with Crippen LogP contribution in [0.1, 0.15) is 15.7 Å². The number of imide groups is 1. The number of halogens is 1. The van der Waals surface area contributed by atoms with Gasteiger partial charge in [-0.25, -0.2) is 4.90 Å². The molecule has 2 aliphatic rings. The summed E-state index contributed by atoms with van der Waals surface area (Å²) in [5.41, 5.74) is 1.02. The monoisotopic (exact) mass is 597 g/mol. The highest BCUT2D eigenvalue weighted by Gasteiger charge is 2.57. The average molecular weight is 598 g/mol. The van der Waals surface area contributed by atoms with Crippen LogP contribution in [-0.4, -0.2) is 34.6 Å². The second kappa shape index (κ2) is 10.3. The van der Waals surface area contributed by atoms with E-state index < -0.39 is 17.1 Å². The number of benzene rings is 2. The van der Waals surface area contributed by atoms with E-state index in [4.69, 9.17) is 16.3 Å². The lowest BCUT2D eigenvalue weighted by molar-refractivity contribution is -0.122. The Labute approximate surface area is 240 Å². The number of thiophene rings is 1. The number of carbonyl (C=O) groups is 3. The maximum atomic E-state index is 13.8. The molecular weight excluding hydrogens is 578 g/mol. The Morgan fingerprint density at radius 2 is 1.77 bits per heavy atom. The van der Waals surface area contributed by atoms with E-state index in [-0.39, 0.29) is 29.1 Å². The van der Waals surface area contributed by atoms with Gasteiger partial charge in [-0.05, 0) is 60.0 Å². The van der Waals surface area contributed by atoms with Crippen LogP contribution in [-0.2, 0) is 20.9 Å². The molecule has 8 nitrogen and oxygen atoms in total. The summed E-state index contributed by atoms with van der Waals surface area (Å²) in [6.07, 6.45) is 0. The van der Waals surface area contributed by atoms with Crippen molar-refractivity contribution < 1.29 is 19.1 Å². The Kier molecular flexibility index (Phi) is 6.84. The number of nitrogens with one attached hydrogen (secondary N) is 1. The second-order valence-electron chi connectivity index (χ2n) is 8.95. The van der Waals surface area contributed by atoms with Crippen molar-refractivity contribution in [2.75, 3.05) is 17.3 Å². The minimum absolute atomic E-state index is 0.221. The van der Waals surface area contributed by atoms with Gasteiger partial charge in [-0.1, -0.05) is 40.8 Å². The van der Waals surface area contributed by atoms with Crippen molar-refractivity contribution in [1.29, 1.82) is 0 Å². The van der Waals surface area contributed by atoms with Crippen LogP contribution < -0.4 is 19.8 Å². The summed E-state index contributed by atoms with van der Waals surface area (Å²) in [5, 5.41) is 5.02. The number of amides is 3. The van der Waals surface area contributed by atoms with Gasteiger partial charge in [0, 0.05) is 26.4 Å². The van der Waals surface area contributed by atoms with E-state index >= 15 is 0 Å². The van der Waals surface area contributed by atoms with Crippen molar-refractivity contribution in [1.82, 2.24) is 4.57 Å². The molecule has 6 rings (SSSR count). The van der Waals surface area contributed by atoms with E-state index in [1.54, 1.807) is 55.6 Å².